The highest BCUT2D eigenvalue weighted by molar-refractivity contribution is 6.18. The van der Waals surface area contributed by atoms with E-state index in [4.69, 9.17) is 11.6 Å². The minimum atomic E-state index is 0.0790. The van der Waals surface area contributed by atoms with Crippen molar-refractivity contribution in [2.24, 2.45) is 11.8 Å². The fourth-order valence-corrected chi connectivity index (χ4v) is 3.00. The normalized spacial score (nSPS) is 16.4. The first-order valence-corrected chi connectivity index (χ1v) is 7.56. The van der Waals surface area contributed by atoms with Gasteiger partial charge < -0.3 is 5.32 Å². The average molecular weight is 280 g/mol. The summed E-state index contributed by atoms with van der Waals surface area (Å²) < 4.78 is 0. The average Bonchev–Trinajstić information content (AvgIpc) is 2.81. The summed E-state index contributed by atoms with van der Waals surface area (Å²) in [5.41, 5.74) is 2.63. The van der Waals surface area contributed by atoms with Gasteiger partial charge in [-0.15, -0.1) is 11.6 Å². The Morgan fingerprint density at radius 2 is 1.89 bits per heavy atom. The summed E-state index contributed by atoms with van der Waals surface area (Å²) in [5.74, 6) is 1.27. The summed E-state index contributed by atoms with van der Waals surface area (Å²) in [6.45, 7) is 4.30. The lowest BCUT2D eigenvalue weighted by Gasteiger charge is -2.20. The van der Waals surface area contributed by atoms with Crippen molar-refractivity contribution >= 4 is 17.5 Å². The fraction of sp³-hybridized carbons (Fsp3) is 0.562. The smallest absolute Gasteiger partial charge is 0.224 e. The van der Waals surface area contributed by atoms with Crippen molar-refractivity contribution in [3.63, 3.8) is 0 Å². The molecule has 0 aliphatic heterocycles. The van der Waals surface area contributed by atoms with Crippen LogP contribution in [0.1, 0.15) is 31.4 Å². The van der Waals surface area contributed by atoms with E-state index in [1.165, 1.54) is 11.1 Å². The fourth-order valence-electron chi connectivity index (χ4n) is 2.79. The Bertz CT molecular complexity index is 419. The predicted molar refractivity (Wildman–Crippen MR) is 79.4 cm³/mol. The number of carbonyl (C=O) groups is 1. The van der Waals surface area contributed by atoms with Gasteiger partial charge in [-0.3, -0.25) is 4.79 Å². The minimum Gasteiger partial charge on any atom is -0.352 e. The van der Waals surface area contributed by atoms with Crippen LogP contribution in [0, 0.1) is 11.8 Å². The van der Waals surface area contributed by atoms with Crippen LogP contribution < -0.4 is 5.32 Å². The maximum atomic E-state index is 12.3. The van der Waals surface area contributed by atoms with Crippen LogP contribution in [0.25, 0.3) is 0 Å². The molecule has 1 unspecified atom stereocenters. The zero-order valence-electron chi connectivity index (χ0n) is 11.7. The molecule has 104 valence electrons. The first-order valence-electron chi connectivity index (χ1n) is 7.03. The van der Waals surface area contributed by atoms with Gasteiger partial charge in [-0.1, -0.05) is 38.1 Å². The van der Waals surface area contributed by atoms with E-state index in [-0.39, 0.29) is 17.9 Å². The van der Waals surface area contributed by atoms with Crippen LogP contribution >= 0.6 is 11.6 Å². The van der Waals surface area contributed by atoms with Gasteiger partial charge >= 0.3 is 0 Å². The van der Waals surface area contributed by atoms with Gasteiger partial charge in [-0.2, -0.15) is 0 Å². The summed E-state index contributed by atoms with van der Waals surface area (Å²) in [4.78, 5) is 12.3. The zero-order valence-corrected chi connectivity index (χ0v) is 12.4. The lowest BCUT2D eigenvalue weighted by molar-refractivity contribution is -0.125. The van der Waals surface area contributed by atoms with E-state index >= 15 is 0 Å². The molecule has 1 aromatic carbocycles. The van der Waals surface area contributed by atoms with Crippen molar-refractivity contribution in [2.45, 2.75) is 39.2 Å². The molecule has 0 saturated carbocycles. The van der Waals surface area contributed by atoms with Gasteiger partial charge in [0.1, 0.15) is 0 Å². The zero-order chi connectivity index (χ0) is 13.8. The number of rotatable bonds is 5. The molecular weight excluding hydrogens is 258 g/mol. The number of amides is 1. The largest absolute Gasteiger partial charge is 0.352 e. The third kappa shape index (κ3) is 3.73. The van der Waals surface area contributed by atoms with Crippen molar-refractivity contribution in [1.82, 2.24) is 5.32 Å². The summed E-state index contributed by atoms with van der Waals surface area (Å²) in [6.07, 6.45) is 2.66. The highest BCUT2D eigenvalue weighted by atomic mass is 35.5. The Morgan fingerprint density at radius 3 is 2.37 bits per heavy atom. The highest BCUT2D eigenvalue weighted by Gasteiger charge is 2.28. The van der Waals surface area contributed by atoms with Crippen LogP contribution in [0.2, 0.25) is 0 Å². The molecular formula is C16H22ClNO. The Labute approximate surface area is 120 Å². The molecule has 0 aromatic heterocycles. The molecule has 0 saturated heterocycles. The monoisotopic (exact) mass is 279 g/mol. The Morgan fingerprint density at radius 1 is 1.32 bits per heavy atom. The Hall–Kier alpha value is -1.02. The first kappa shape index (κ1) is 14.4. The lowest BCUT2D eigenvalue weighted by Crippen LogP contribution is -2.41. The van der Waals surface area contributed by atoms with E-state index < -0.39 is 0 Å². The third-order valence-electron chi connectivity index (χ3n) is 3.71. The topological polar surface area (TPSA) is 29.1 Å². The lowest BCUT2D eigenvalue weighted by atomic mass is 10.0. The molecule has 0 heterocycles. The Kier molecular flexibility index (Phi) is 4.87. The first-order chi connectivity index (χ1) is 9.10. The van der Waals surface area contributed by atoms with Crippen LogP contribution in [0.15, 0.2) is 24.3 Å². The summed E-state index contributed by atoms with van der Waals surface area (Å²) in [7, 11) is 0. The molecule has 0 radical (unpaired) electrons. The predicted octanol–water partition coefficient (Wildman–Crippen LogP) is 3.17. The van der Waals surface area contributed by atoms with E-state index in [2.05, 4.69) is 31.3 Å². The van der Waals surface area contributed by atoms with Crippen molar-refractivity contribution in [2.75, 3.05) is 5.88 Å². The highest BCUT2D eigenvalue weighted by Crippen LogP contribution is 2.26. The molecule has 0 fully saturated rings. The molecule has 0 bridgehead atoms. The van der Waals surface area contributed by atoms with Crippen molar-refractivity contribution in [3.05, 3.63) is 35.4 Å². The molecule has 1 amide bonds. The van der Waals surface area contributed by atoms with E-state index in [1.54, 1.807) is 0 Å². The maximum absolute atomic E-state index is 12.3. The van der Waals surface area contributed by atoms with Crippen LogP contribution in [-0.2, 0) is 17.6 Å². The molecule has 1 aliphatic rings. The second kappa shape index (κ2) is 6.42. The molecule has 2 nitrogen and oxygen atoms in total. The number of nitrogens with one attached hydrogen (secondary N) is 1. The van der Waals surface area contributed by atoms with Crippen LogP contribution in [0.5, 0.6) is 0 Å². The van der Waals surface area contributed by atoms with Gasteiger partial charge in [-0.25, -0.2) is 0 Å². The van der Waals surface area contributed by atoms with Crippen molar-refractivity contribution < 1.29 is 4.79 Å². The van der Waals surface area contributed by atoms with Gasteiger partial charge in [0.05, 0.1) is 0 Å². The molecule has 1 N–H and O–H groups in total. The van der Waals surface area contributed by atoms with E-state index in [0.29, 0.717) is 11.8 Å². The van der Waals surface area contributed by atoms with E-state index in [9.17, 15) is 4.79 Å². The quantitative estimate of drug-likeness (QED) is 0.824. The van der Waals surface area contributed by atoms with Crippen LogP contribution in [0.4, 0.5) is 0 Å². The third-order valence-corrected chi connectivity index (χ3v) is 4.08. The summed E-state index contributed by atoms with van der Waals surface area (Å²) in [6, 6.07) is 8.42. The SMILES string of the molecule is CC(C)CC(CCl)NC(=O)C1Cc2ccccc2C1. The molecule has 3 heteroatoms. The van der Waals surface area contributed by atoms with E-state index in [1.807, 2.05) is 12.1 Å². The molecule has 1 atom stereocenters. The van der Waals surface area contributed by atoms with Gasteiger partial charge in [0.25, 0.3) is 0 Å². The second-order valence-corrected chi connectivity index (χ2v) is 6.17. The van der Waals surface area contributed by atoms with Crippen molar-refractivity contribution in [1.29, 1.82) is 0 Å². The number of hydrogen-bond acceptors (Lipinski definition) is 1. The summed E-state index contributed by atoms with van der Waals surface area (Å²) >= 11 is 5.94. The van der Waals surface area contributed by atoms with E-state index in [0.717, 1.165) is 19.3 Å². The number of benzene rings is 1. The summed E-state index contributed by atoms with van der Waals surface area (Å²) in [5, 5.41) is 3.10. The van der Waals surface area contributed by atoms with Gasteiger partial charge in [-0.05, 0) is 36.3 Å². The van der Waals surface area contributed by atoms with Gasteiger partial charge in [0, 0.05) is 17.8 Å². The minimum absolute atomic E-state index is 0.0790. The molecule has 1 aliphatic carbocycles. The van der Waals surface area contributed by atoms with Gasteiger partial charge in [0.15, 0.2) is 0 Å². The van der Waals surface area contributed by atoms with Gasteiger partial charge in [0.2, 0.25) is 5.91 Å². The molecule has 19 heavy (non-hydrogen) atoms. The van der Waals surface area contributed by atoms with Crippen molar-refractivity contribution in [3.8, 4) is 0 Å². The standard InChI is InChI=1S/C16H22ClNO/c1-11(2)7-15(10-17)18-16(19)14-8-12-5-3-4-6-13(12)9-14/h3-6,11,14-15H,7-10H2,1-2H3,(H,18,19). The molecule has 1 aromatic rings. The number of fused-ring (bicyclic) bond motifs is 1. The number of hydrogen-bond donors (Lipinski definition) is 1. The number of carbonyl (C=O) groups excluding carboxylic acids is 1. The number of alkyl halides is 1. The maximum Gasteiger partial charge on any atom is 0.224 e. The second-order valence-electron chi connectivity index (χ2n) is 5.86. The number of halogens is 1. The van der Waals surface area contributed by atoms with Crippen LogP contribution in [-0.4, -0.2) is 17.8 Å². The van der Waals surface area contributed by atoms with Crippen LogP contribution in [0.3, 0.4) is 0 Å². The molecule has 0 spiro atoms. The molecule has 2 rings (SSSR count). The Balaban J connectivity index is 1.92.